The van der Waals surface area contributed by atoms with E-state index < -0.39 is 0 Å². The first-order valence-corrected chi connectivity index (χ1v) is 9.43. The average Bonchev–Trinajstić information content (AvgIpc) is 2.91. The van der Waals surface area contributed by atoms with Crippen LogP contribution in [0, 0.1) is 0 Å². The number of urea groups is 1. The Morgan fingerprint density at radius 2 is 2.08 bits per heavy atom. The quantitative estimate of drug-likeness (QED) is 0.809. The van der Waals surface area contributed by atoms with E-state index in [2.05, 4.69) is 46.7 Å². The highest BCUT2D eigenvalue weighted by Crippen LogP contribution is 2.31. The summed E-state index contributed by atoms with van der Waals surface area (Å²) < 4.78 is 0. The minimum absolute atomic E-state index is 0.159. The van der Waals surface area contributed by atoms with Crippen LogP contribution >= 0.6 is 11.8 Å². The van der Waals surface area contributed by atoms with Crippen molar-refractivity contribution in [1.82, 2.24) is 5.32 Å². The maximum Gasteiger partial charge on any atom is 0.319 e. The van der Waals surface area contributed by atoms with Crippen molar-refractivity contribution >= 4 is 29.2 Å². The van der Waals surface area contributed by atoms with Crippen molar-refractivity contribution in [2.45, 2.75) is 24.3 Å². The van der Waals surface area contributed by atoms with Gasteiger partial charge in [0.2, 0.25) is 0 Å². The van der Waals surface area contributed by atoms with E-state index in [0.717, 1.165) is 23.5 Å². The highest BCUT2D eigenvalue weighted by Gasteiger charge is 2.24. The van der Waals surface area contributed by atoms with Crippen LogP contribution in [0.1, 0.15) is 12.5 Å². The molecule has 2 aromatic carbocycles. The summed E-state index contributed by atoms with van der Waals surface area (Å²) in [6.07, 6.45) is 3.10. The minimum Gasteiger partial charge on any atom is -0.367 e. The number of amides is 2. The number of anilines is 2. The predicted octanol–water partition coefficient (Wildman–Crippen LogP) is 3.98. The number of rotatable bonds is 5. The summed E-state index contributed by atoms with van der Waals surface area (Å²) in [6, 6.07) is 16.7. The Hall–Kier alpha value is -2.14. The van der Waals surface area contributed by atoms with Gasteiger partial charge in [0.15, 0.2) is 0 Å². The molecule has 2 amide bonds. The lowest BCUT2D eigenvalue weighted by molar-refractivity contribution is 0.252. The van der Waals surface area contributed by atoms with Crippen molar-refractivity contribution in [3.8, 4) is 0 Å². The van der Waals surface area contributed by atoms with E-state index >= 15 is 0 Å². The number of para-hydroxylation sites is 1. The summed E-state index contributed by atoms with van der Waals surface area (Å²) in [6.45, 7) is 3.66. The number of hydrogen-bond acceptors (Lipinski definition) is 3. The SMILES string of the molecule is CSc1cccc(NC(=O)NCCN2c3ccccc3CC2C)c1. The Morgan fingerprint density at radius 3 is 2.92 bits per heavy atom. The largest absolute Gasteiger partial charge is 0.367 e. The summed E-state index contributed by atoms with van der Waals surface area (Å²) in [5.74, 6) is 0. The van der Waals surface area contributed by atoms with Crippen LogP contribution in [0.25, 0.3) is 0 Å². The maximum atomic E-state index is 12.1. The Kier molecular flexibility index (Phi) is 5.30. The van der Waals surface area contributed by atoms with Gasteiger partial charge >= 0.3 is 6.03 Å². The molecule has 0 saturated heterocycles. The van der Waals surface area contributed by atoms with Crippen LogP contribution in [-0.4, -0.2) is 31.4 Å². The number of carbonyl (C=O) groups excluding carboxylic acids is 1. The van der Waals surface area contributed by atoms with Gasteiger partial charge in [0.05, 0.1) is 0 Å². The van der Waals surface area contributed by atoms with E-state index in [-0.39, 0.29) is 6.03 Å². The molecule has 0 bridgehead atoms. The molecule has 1 unspecified atom stereocenters. The third-order valence-electron chi connectivity index (χ3n) is 4.31. The van der Waals surface area contributed by atoms with E-state index in [1.165, 1.54) is 11.3 Å². The van der Waals surface area contributed by atoms with Crippen molar-refractivity contribution in [3.05, 3.63) is 54.1 Å². The number of nitrogens with one attached hydrogen (secondary N) is 2. The van der Waals surface area contributed by atoms with Crippen LogP contribution in [0.2, 0.25) is 0 Å². The van der Waals surface area contributed by atoms with Gasteiger partial charge in [-0.3, -0.25) is 0 Å². The van der Waals surface area contributed by atoms with Crippen molar-refractivity contribution in [1.29, 1.82) is 0 Å². The Balaban J connectivity index is 1.50. The maximum absolute atomic E-state index is 12.1. The molecule has 2 aromatic rings. The molecule has 0 fully saturated rings. The normalized spacial score (nSPS) is 15.9. The molecule has 1 aliphatic rings. The first-order valence-electron chi connectivity index (χ1n) is 8.21. The van der Waals surface area contributed by atoms with Crippen LogP contribution < -0.4 is 15.5 Å². The summed E-state index contributed by atoms with van der Waals surface area (Å²) in [5.41, 5.74) is 3.50. The van der Waals surface area contributed by atoms with Gasteiger partial charge in [-0.05, 0) is 49.4 Å². The molecule has 126 valence electrons. The molecule has 1 atom stereocenters. The number of carbonyl (C=O) groups is 1. The highest BCUT2D eigenvalue weighted by molar-refractivity contribution is 7.98. The van der Waals surface area contributed by atoms with Crippen molar-refractivity contribution < 1.29 is 4.79 Å². The third-order valence-corrected chi connectivity index (χ3v) is 5.04. The number of fused-ring (bicyclic) bond motifs is 1. The van der Waals surface area contributed by atoms with Crippen LogP contribution in [0.15, 0.2) is 53.4 Å². The minimum atomic E-state index is -0.159. The summed E-state index contributed by atoms with van der Waals surface area (Å²) >= 11 is 1.66. The van der Waals surface area contributed by atoms with Crippen molar-refractivity contribution in [3.63, 3.8) is 0 Å². The van der Waals surface area contributed by atoms with E-state index in [0.29, 0.717) is 12.6 Å². The van der Waals surface area contributed by atoms with Crippen molar-refractivity contribution in [2.24, 2.45) is 0 Å². The second-order valence-electron chi connectivity index (χ2n) is 5.99. The van der Waals surface area contributed by atoms with Crippen LogP contribution in [0.3, 0.4) is 0 Å². The topological polar surface area (TPSA) is 44.4 Å². The molecule has 2 N–H and O–H groups in total. The zero-order valence-corrected chi connectivity index (χ0v) is 14.9. The van der Waals surface area contributed by atoms with Gasteiger partial charge in [0.1, 0.15) is 0 Å². The second-order valence-corrected chi connectivity index (χ2v) is 6.87. The molecule has 0 aromatic heterocycles. The summed E-state index contributed by atoms with van der Waals surface area (Å²) in [4.78, 5) is 15.6. The van der Waals surface area contributed by atoms with E-state index in [1.807, 2.05) is 30.5 Å². The number of thioether (sulfide) groups is 1. The molecule has 1 aliphatic heterocycles. The molecule has 24 heavy (non-hydrogen) atoms. The monoisotopic (exact) mass is 341 g/mol. The lowest BCUT2D eigenvalue weighted by Crippen LogP contribution is -2.39. The van der Waals surface area contributed by atoms with Gasteiger partial charge in [0, 0.05) is 35.4 Å². The molecule has 0 radical (unpaired) electrons. The Bertz CT molecular complexity index is 719. The molecular weight excluding hydrogens is 318 g/mol. The lowest BCUT2D eigenvalue weighted by Gasteiger charge is -2.25. The molecule has 1 heterocycles. The van der Waals surface area contributed by atoms with Crippen LogP contribution in [-0.2, 0) is 6.42 Å². The molecule has 5 heteroatoms. The molecular formula is C19H23N3OS. The fourth-order valence-electron chi connectivity index (χ4n) is 3.14. The zero-order chi connectivity index (χ0) is 16.9. The Morgan fingerprint density at radius 1 is 1.25 bits per heavy atom. The molecule has 4 nitrogen and oxygen atoms in total. The fraction of sp³-hybridized carbons (Fsp3) is 0.316. The number of hydrogen-bond donors (Lipinski definition) is 2. The van der Waals surface area contributed by atoms with Gasteiger partial charge in [-0.25, -0.2) is 4.79 Å². The third kappa shape index (κ3) is 3.85. The molecule has 0 saturated carbocycles. The number of nitrogens with zero attached hydrogens (tertiary/aromatic N) is 1. The highest BCUT2D eigenvalue weighted by atomic mass is 32.2. The van der Waals surface area contributed by atoms with E-state index in [1.54, 1.807) is 11.8 Å². The summed E-state index contributed by atoms with van der Waals surface area (Å²) in [7, 11) is 0. The van der Waals surface area contributed by atoms with Gasteiger partial charge in [0.25, 0.3) is 0 Å². The zero-order valence-electron chi connectivity index (χ0n) is 14.1. The fourth-order valence-corrected chi connectivity index (χ4v) is 3.60. The van der Waals surface area contributed by atoms with Crippen molar-refractivity contribution in [2.75, 3.05) is 29.6 Å². The van der Waals surface area contributed by atoms with Gasteiger partial charge in [-0.15, -0.1) is 11.8 Å². The Labute approximate surface area is 147 Å². The van der Waals surface area contributed by atoms with Gasteiger partial charge in [-0.2, -0.15) is 0 Å². The van der Waals surface area contributed by atoms with Gasteiger partial charge < -0.3 is 15.5 Å². The summed E-state index contributed by atoms with van der Waals surface area (Å²) in [5, 5.41) is 5.84. The lowest BCUT2D eigenvalue weighted by atomic mass is 10.1. The van der Waals surface area contributed by atoms with Crippen LogP contribution in [0.5, 0.6) is 0 Å². The van der Waals surface area contributed by atoms with Crippen LogP contribution in [0.4, 0.5) is 16.2 Å². The molecule has 0 spiro atoms. The first kappa shape index (κ1) is 16.7. The first-order chi connectivity index (χ1) is 11.7. The van der Waals surface area contributed by atoms with E-state index in [4.69, 9.17) is 0 Å². The van der Waals surface area contributed by atoms with Gasteiger partial charge in [-0.1, -0.05) is 24.3 Å². The smallest absolute Gasteiger partial charge is 0.319 e. The molecule has 0 aliphatic carbocycles. The number of benzene rings is 2. The standard InChI is InChI=1S/C19H23N3OS/c1-14-12-15-6-3-4-9-18(15)22(14)11-10-20-19(23)21-16-7-5-8-17(13-16)24-2/h3-9,13-14H,10-12H2,1-2H3,(H2,20,21,23). The van der Waals surface area contributed by atoms with E-state index in [9.17, 15) is 4.79 Å². The second kappa shape index (κ2) is 7.62. The predicted molar refractivity (Wildman–Crippen MR) is 102 cm³/mol. The average molecular weight is 341 g/mol. The molecule has 3 rings (SSSR count).